The number of hydrogen-bond donors (Lipinski definition) is 0. The van der Waals surface area contributed by atoms with Gasteiger partial charge in [0, 0.05) is 85.2 Å². The number of nitrogens with zero attached hydrogens (tertiary/aromatic N) is 2. The molecule has 66 heavy (non-hydrogen) atoms. The summed E-state index contributed by atoms with van der Waals surface area (Å²) in [5, 5.41) is 1.72. The van der Waals surface area contributed by atoms with Crippen LogP contribution >= 0.6 is 23.5 Å². The van der Waals surface area contributed by atoms with Crippen LogP contribution in [0.3, 0.4) is 0 Å². The maximum atomic E-state index is 13.0. The van der Waals surface area contributed by atoms with Crippen LogP contribution in [-0.4, -0.2) is 37.6 Å². The third-order valence-corrected chi connectivity index (χ3v) is 15.4. The van der Waals surface area contributed by atoms with Crippen molar-refractivity contribution in [3.63, 3.8) is 0 Å². The fourth-order valence-electron chi connectivity index (χ4n) is 9.11. The molecule has 2 aliphatic rings. The maximum absolute atomic E-state index is 13.0. The summed E-state index contributed by atoms with van der Waals surface area (Å²) < 4.78 is 48.5. The zero-order valence-corrected chi connectivity index (χ0v) is 40.8. The predicted octanol–water partition coefficient (Wildman–Crippen LogP) is 14.0. The van der Waals surface area contributed by atoms with E-state index in [9.17, 15) is 13.0 Å². The van der Waals surface area contributed by atoms with Crippen molar-refractivity contribution in [2.45, 2.75) is 80.9 Å². The number of benzene rings is 7. The molecule has 0 unspecified atom stereocenters. The minimum absolute atomic E-state index is 0.254. The zero-order chi connectivity index (χ0) is 46.0. The standard InChI is InChI=1S/C57H58N2O4S3/c1-5-41-21-17-22-42(6-2)56(41)58(35-19-37-64-47-25-11-9-12-26-47)45-31-33-49-52(39-45)63-53-40-46(32-34-50(53)55(49)51-29-15-16-30-54(51)66(60,61)62)59(36-20-38-65-48-27-13-10-14-28-48)57-43(7-3)23-18-24-44(57)8-4/h9-18,21-34,39-40H,5-8,19-20,35-38H2,1-4H3. The van der Waals surface area contributed by atoms with E-state index in [1.165, 1.54) is 49.5 Å². The Hall–Kier alpha value is -5.58. The molecular formula is C57H58N2O4S3. The van der Waals surface area contributed by atoms with Gasteiger partial charge in [0.2, 0.25) is 11.0 Å². The summed E-state index contributed by atoms with van der Waals surface area (Å²) in [4.78, 5) is 4.70. The van der Waals surface area contributed by atoms with Crippen molar-refractivity contribution in [3.8, 4) is 22.5 Å². The Morgan fingerprint density at radius 2 is 1.17 bits per heavy atom. The lowest BCUT2D eigenvalue weighted by molar-refractivity contribution is 0.463. The van der Waals surface area contributed by atoms with Gasteiger partial charge in [0.1, 0.15) is 28.0 Å². The van der Waals surface area contributed by atoms with E-state index in [2.05, 4.69) is 158 Å². The van der Waals surface area contributed by atoms with Crippen molar-refractivity contribution in [3.05, 3.63) is 185 Å². The molecule has 0 fully saturated rings. The molecule has 0 N–H and O–H groups in total. The first kappa shape index (κ1) is 46.9. The number of rotatable bonds is 19. The highest BCUT2D eigenvalue weighted by molar-refractivity contribution is 7.99. The highest BCUT2D eigenvalue weighted by atomic mass is 32.2. The Balaban J connectivity index is 1.34. The summed E-state index contributed by atoms with van der Waals surface area (Å²) in [7, 11) is -4.83. The monoisotopic (exact) mass is 930 g/mol. The summed E-state index contributed by atoms with van der Waals surface area (Å²) in [5.41, 5.74) is 10.9. The summed E-state index contributed by atoms with van der Waals surface area (Å²) in [6, 6.07) is 53.4. The molecule has 0 spiro atoms. The molecule has 6 aromatic carbocycles. The number of thioether (sulfide) groups is 2. The first-order valence-electron chi connectivity index (χ1n) is 23.2. The number of anilines is 2. The van der Waals surface area contributed by atoms with Crippen LogP contribution in [-0.2, 0) is 35.8 Å². The second-order valence-electron chi connectivity index (χ2n) is 16.4. The highest BCUT2D eigenvalue weighted by Gasteiger charge is 2.26. The summed E-state index contributed by atoms with van der Waals surface area (Å²) in [6.45, 7) is 10.4. The molecule has 0 aromatic heterocycles. The van der Waals surface area contributed by atoms with Crippen molar-refractivity contribution in [2.75, 3.05) is 29.5 Å². The molecular weight excluding hydrogens is 873 g/mol. The van der Waals surface area contributed by atoms with Crippen molar-refractivity contribution < 1.29 is 17.4 Å². The number of aryl methyl sites for hydroxylation is 4. The molecule has 8 rings (SSSR count). The zero-order valence-electron chi connectivity index (χ0n) is 38.3. The average molecular weight is 931 g/mol. The predicted molar refractivity (Wildman–Crippen MR) is 277 cm³/mol. The van der Waals surface area contributed by atoms with Gasteiger partial charge < -0.3 is 13.9 Å². The van der Waals surface area contributed by atoms with E-state index in [4.69, 9.17) is 4.42 Å². The molecule has 0 radical (unpaired) electrons. The van der Waals surface area contributed by atoms with Crippen LogP contribution in [0.25, 0.3) is 33.4 Å². The lowest BCUT2D eigenvalue weighted by Crippen LogP contribution is -2.29. The molecule has 0 saturated heterocycles. The smallest absolute Gasteiger partial charge is 0.212 e. The largest absolute Gasteiger partial charge is 0.744 e. The molecule has 9 heteroatoms. The minimum Gasteiger partial charge on any atom is -0.744 e. The van der Waals surface area contributed by atoms with Crippen LogP contribution in [0.4, 0.5) is 17.1 Å². The van der Waals surface area contributed by atoms with Crippen LogP contribution in [0, 0.1) is 0 Å². The minimum atomic E-state index is -4.83. The molecule has 6 nitrogen and oxygen atoms in total. The normalized spacial score (nSPS) is 12.2. The molecule has 0 saturated carbocycles. The first-order chi connectivity index (χ1) is 32.2. The second kappa shape index (κ2) is 21.8. The second-order valence-corrected chi connectivity index (χ2v) is 20.1. The van der Waals surface area contributed by atoms with Gasteiger partial charge in [-0.1, -0.05) is 119 Å². The van der Waals surface area contributed by atoms with Gasteiger partial charge >= 0.3 is 0 Å². The van der Waals surface area contributed by atoms with Crippen molar-refractivity contribution in [2.24, 2.45) is 0 Å². The lowest BCUT2D eigenvalue weighted by Gasteiger charge is -2.30. The average Bonchev–Trinajstić information content (AvgIpc) is 3.35. The van der Waals surface area contributed by atoms with Gasteiger partial charge in [0.05, 0.1) is 11.0 Å². The Kier molecular flexibility index (Phi) is 15.5. The molecule has 0 amide bonds. The van der Waals surface area contributed by atoms with Gasteiger partial charge in [0.15, 0.2) is 0 Å². The van der Waals surface area contributed by atoms with E-state index in [1.807, 2.05) is 35.7 Å². The fraction of sp³-hybridized carbons (Fsp3) is 0.246. The van der Waals surface area contributed by atoms with E-state index in [0.717, 1.165) is 85.1 Å². The number of fused-ring (bicyclic) bond motifs is 2. The first-order valence-corrected chi connectivity index (χ1v) is 26.6. The van der Waals surface area contributed by atoms with E-state index >= 15 is 0 Å². The van der Waals surface area contributed by atoms with Gasteiger partial charge in [-0.25, -0.2) is 8.42 Å². The van der Waals surface area contributed by atoms with Gasteiger partial charge in [-0.05, 0) is 97.5 Å². The van der Waals surface area contributed by atoms with Gasteiger partial charge in [0.25, 0.3) is 0 Å². The molecule has 6 aromatic rings. The van der Waals surface area contributed by atoms with E-state index in [-0.39, 0.29) is 4.90 Å². The third-order valence-electron chi connectivity index (χ3n) is 12.3. The Labute approximate surface area is 399 Å². The van der Waals surface area contributed by atoms with Gasteiger partial charge in [-0.3, -0.25) is 0 Å². The third kappa shape index (κ3) is 10.5. The van der Waals surface area contributed by atoms with Crippen LogP contribution in [0.15, 0.2) is 177 Å². The fourth-order valence-corrected chi connectivity index (χ4v) is 11.5. The lowest BCUT2D eigenvalue weighted by atomic mass is 9.93. The summed E-state index contributed by atoms with van der Waals surface area (Å²) in [5.74, 6) is 2.51. The topological polar surface area (TPSA) is 76.6 Å². The summed E-state index contributed by atoms with van der Waals surface area (Å²) in [6.07, 6.45) is 5.42. The van der Waals surface area contributed by atoms with Crippen LogP contribution in [0.2, 0.25) is 0 Å². The van der Waals surface area contributed by atoms with Crippen LogP contribution in [0.5, 0.6) is 0 Å². The maximum Gasteiger partial charge on any atom is 0.212 e. The Morgan fingerprint density at radius 3 is 1.77 bits per heavy atom. The van der Waals surface area contributed by atoms with Crippen molar-refractivity contribution in [1.82, 2.24) is 4.58 Å². The molecule has 0 atom stereocenters. The van der Waals surface area contributed by atoms with Gasteiger partial charge in [-0.2, -0.15) is 4.58 Å². The van der Waals surface area contributed by atoms with E-state index < -0.39 is 10.1 Å². The quantitative estimate of drug-likeness (QED) is 0.0263. The van der Waals surface area contributed by atoms with Crippen LogP contribution in [0.1, 0.15) is 62.8 Å². The Bertz CT molecular complexity index is 3030. The molecule has 1 aliphatic heterocycles. The van der Waals surface area contributed by atoms with Crippen molar-refractivity contribution in [1.29, 1.82) is 0 Å². The molecule has 338 valence electrons. The van der Waals surface area contributed by atoms with E-state index in [1.54, 1.807) is 18.2 Å². The van der Waals surface area contributed by atoms with Crippen molar-refractivity contribution >= 4 is 61.7 Å². The molecule has 0 bridgehead atoms. The number of hydrogen-bond acceptors (Lipinski definition) is 7. The number of para-hydroxylation sites is 2. The molecule has 1 heterocycles. The molecule has 1 aliphatic carbocycles. The highest BCUT2D eigenvalue weighted by Crippen LogP contribution is 2.44. The van der Waals surface area contributed by atoms with E-state index in [0.29, 0.717) is 22.5 Å². The summed E-state index contributed by atoms with van der Waals surface area (Å²) >= 11 is 3.73. The van der Waals surface area contributed by atoms with Crippen LogP contribution < -0.4 is 14.8 Å². The van der Waals surface area contributed by atoms with Gasteiger partial charge in [-0.15, -0.1) is 23.5 Å². The SMILES string of the molecule is CCc1cccc(CC)c1N(CCCSc1ccccc1)c1ccc2c(-c3ccccc3S(=O)(=O)[O-])c3ccc(=[N+](CCCSc4ccccc4)c4c(CC)cccc4CC)cc-3oc2c1. The Morgan fingerprint density at radius 1 is 0.591 bits per heavy atom.